The summed E-state index contributed by atoms with van der Waals surface area (Å²) in [7, 11) is 0. The molecule has 0 radical (unpaired) electrons. The van der Waals surface area contributed by atoms with E-state index < -0.39 is 11.9 Å². The van der Waals surface area contributed by atoms with E-state index in [9.17, 15) is 9.59 Å². The lowest BCUT2D eigenvalue weighted by Gasteiger charge is -2.26. The fourth-order valence-corrected chi connectivity index (χ4v) is 1.46. The Labute approximate surface area is 108 Å². The number of aliphatic hydroxyl groups excluding tert-OH is 1. The van der Waals surface area contributed by atoms with Crippen LogP contribution in [0.1, 0.15) is 33.6 Å². The molecule has 0 saturated carbocycles. The van der Waals surface area contributed by atoms with Gasteiger partial charge in [-0.25, -0.2) is 4.79 Å². The Morgan fingerprint density at radius 2 is 1.89 bits per heavy atom. The number of aliphatic hydroxyl groups is 1. The van der Waals surface area contributed by atoms with E-state index >= 15 is 0 Å². The number of hydrogen-bond acceptors (Lipinski definition) is 3. The first-order valence-electron chi connectivity index (χ1n) is 6.28. The molecule has 0 heterocycles. The lowest BCUT2D eigenvalue weighted by molar-refractivity contribution is -0.141. The van der Waals surface area contributed by atoms with Gasteiger partial charge in [0.05, 0.1) is 5.92 Å². The second-order valence-corrected chi connectivity index (χ2v) is 4.62. The lowest BCUT2D eigenvalue weighted by Crippen LogP contribution is -2.45. The minimum absolute atomic E-state index is 0.0482. The monoisotopic (exact) mass is 260 g/mol. The number of rotatable bonds is 8. The molecule has 2 amide bonds. The molecular formula is C12H24N2O4. The van der Waals surface area contributed by atoms with Gasteiger partial charge in [0.1, 0.15) is 0 Å². The van der Waals surface area contributed by atoms with Crippen molar-refractivity contribution in [2.45, 2.75) is 39.7 Å². The third kappa shape index (κ3) is 6.44. The van der Waals surface area contributed by atoms with Crippen molar-refractivity contribution >= 4 is 12.0 Å². The van der Waals surface area contributed by atoms with Gasteiger partial charge in [-0.3, -0.25) is 4.79 Å². The van der Waals surface area contributed by atoms with Crippen LogP contribution in [0, 0.1) is 5.92 Å². The van der Waals surface area contributed by atoms with Crippen LogP contribution in [-0.4, -0.2) is 52.9 Å². The Bertz CT molecular complexity index is 269. The number of carboxylic acids is 1. The maximum atomic E-state index is 11.8. The van der Waals surface area contributed by atoms with E-state index in [2.05, 4.69) is 5.32 Å². The Kier molecular flexibility index (Phi) is 8.11. The molecule has 1 unspecified atom stereocenters. The highest BCUT2D eigenvalue weighted by Gasteiger charge is 2.17. The molecule has 0 saturated heterocycles. The Hall–Kier alpha value is -1.30. The van der Waals surface area contributed by atoms with Gasteiger partial charge in [-0.05, 0) is 26.7 Å². The summed E-state index contributed by atoms with van der Waals surface area (Å²) in [4.78, 5) is 24.1. The Balaban J connectivity index is 4.06. The standard InChI is InChI=1S/C12H24N2O4/c1-9(2)14(7-4-8-15)12(18)13-6-5-10(3)11(16)17/h9-10,15H,4-8H2,1-3H3,(H,13,18)(H,16,17). The number of carbonyl (C=O) groups is 2. The number of carboxylic acid groups (broad SMARTS) is 1. The first kappa shape index (κ1) is 16.7. The van der Waals surface area contributed by atoms with Gasteiger partial charge in [0, 0.05) is 25.7 Å². The van der Waals surface area contributed by atoms with Crippen molar-refractivity contribution in [2.24, 2.45) is 5.92 Å². The zero-order valence-corrected chi connectivity index (χ0v) is 11.3. The molecule has 3 N–H and O–H groups in total. The Morgan fingerprint density at radius 1 is 1.28 bits per heavy atom. The van der Waals surface area contributed by atoms with Gasteiger partial charge in [-0.2, -0.15) is 0 Å². The fraction of sp³-hybridized carbons (Fsp3) is 0.833. The minimum Gasteiger partial charge on any atom is -0.481 e. The summed E-state index contributed by atoms with van der Waals surface area (Å²) in [6.07, 6.45) is 0.949. The van der Waals surface area contributed by atoms with Crippen LogP contribution < -0.4 is 5.32 Å². The third-order valence-electron chi connectivity index (χ3n) is 2.72. The van der Waals surface area contributed by atoms with E-state index in [1.54, 1.807) is 11.8 Å². The molecule has 0 aliphatic carbocycles. The number of urea groups is 1. The molecular weight excluding hydrogens is 236 g/mol. The maximum absolute atomic E-state index is 11.8. The molecule has 1 atom stereocenters. The Morgan fingerprint density at radius 3 is 2.33 bits per heavy atom. The molecule has 0 aromatic heterocycles. The summed E-state index contributed by atoms with van der Waals surface area (Å²) in [6, 6.07) is -0.163. The van der Waals surface area contributed by atoms with Crippen molar-refractivity contribution in [3.8, 4) is 0 Å². The number of aliphatic carboxylic acids is 1. The summed E-state index contributed by atoms with van der Waals surface area (Å²) in [6.45, 7) is 6.30. The number of hydrogen-bond donors (Lipinski definition) is 3. The lowest BCUT2D eigenvalue weighted by atomic mass is 10.1. The van der Waals surface area contributed by atoms with Crippen LogP contribution in [0.5, 0.6) is 0 Å². The molecule has 0 aliphatic heterocycles. The van der Waals surface area contributed by atoms with E-state index in [1.807, 2.05) is 13.8 Å². The maximum Gasteiger partial charge on any atom is 0.317 e. The molecule has 0 spiro atoms. The highest BCUT2D eigenvalue weighted by Crippen LogP contribution is 2.03. The molecule has 6 heteroatoms. The molecule has 0 rings (SSSR count). The van der Waals surface area contributed by atoms with Crippen LogP contribution in [0.2, 0.25) is 0 Å². The molecule has 6 nitrogen and oxygen atoms in total. The average Bonchev–Trinajstić information content (AvgIpc) is 2.28. The van der Waals surface area contributed by atoms with Crippen LogP contribution in [0.15, 0.2) is 0 Å². The zero-order valence-electron chi connectivity index (χ0n) is 11.3. The van der Waals surface area contributed by atoms with Gasteiger partial charge in [0.2, 0.25) is 0 Å². The van der Waals surface area contributed by atoms with E-state index in [0.29, 0.717) is 25.9 Å². The first-order valence-corrected chi connectivity index (χ1v) is 6.28. The summed E-state index contributed by atoms with van der Waals surface area (Å²) < 4.78 is 0. The van der Waals surface area contributed by atoms with Crippen LogP contribution in [0.4, 0.5) is 4.79 Å². The van der Waals surface area contributed by atoms with Gasteiger partial charge in [0.15, 0.2) is 0 Å². The molecule has 0 fully saturated rings. The predicted molar refractivity (Wildman–Crippen MR) is 68.4 cm³/mol. The molecule has 0 bridgehead atoms. The predicted octanol–water partition coefficient (Wildman–Crippen LogP) is 0.900. The van der Waals surface area contributed by atoms with E-state index in [0.717, 1.165) is 0 Å². The fourth-order valence-electron chi connectivity index (χ4n) is 1.46. The third-order valence-corrected chi connectivity index (χ3v) is 2.72. The summed E-state index contributed by atoms with van der Waals surface area (Å²) in [5, 5.41) is 20.2. The van der Waals surface area contributed by atoms with Gasteiger partial charge >= 0.3 is 12.0 Å². The van der Waals surface area contributed by atoms with E-state index in [4.69, 9.17) is 10.2 Å². The molecule has 0 aromatic carbocycles. The van der Waals surface area contributed by atoms with Crippen LogP contribution in [-0.2, 0) is 4.79 Å². The number of nitrogens with zero attached hydrogens (tertiary/aromatic N) is 1. The van der Waals surface area contributed by atoms with Gasteiger partial charge in [0.25, 0.3) is 0 Å². The molecule has 0 aliphatic rings. The molecule has 0 aromatic rings. The number of nitrogens with one attached hydrogen (secondary N) is 1. The highest BCUT2D eigenvalue weighted by atomic mass is 16.4. The second kappa shape index (κ2) is 8.74. The summed E-state index contributed by atoms with van der Waals surface area (Å²) >= 11 is 0. The minimum atomic E-state index is -0.856. The summed E-state index contributed by atoms with van der Waals surface area (Å²) in [5.74, 6) is -1.32. The highest BCUT2D eigenvalue weighted by molar-refractivity contribution is 5.74. The van der Waals surface area contributed by atoms with Crippen molar-refractivity contribution in [3.05, 3.63) is 0 Å². The largest absolute Gasteiger partial charge is 0.481 e. The summed E-state index contributed by atoms with van der Waals surface area (Å²) in [5.41, 5.74) is 0. The number of amides is 2. The van der Waals surface area contributed by atoms with Crippen molar-refractivity contribution in [3.63, 3.8) is 0 Å². The van der Waals surface area contributed by atoms with E-state index in [-0.39, 0.29) is 18.7 Å². The number of carbonyl (C=O) groups excluding carboxylic acids is 1. The van der Waals surface area contributed by atoms with Crippen molar-refractivity contribution < 1.29 is 19.8 Å². The topological polar surface area (TPSA) is 89.9 Å². The quantitative estimate of drug-likeness (QED) is 0.605. The van der Waals surface area contributed by atoms with Gasteiger partial charge in [-0.1, -0.05) is 6.92 Å². The van der Waals surface area contributed by atoms with Gasteiger partial charge < -0.3 is 20.4 Å². The SMILES string of the molecule is CC(CCNC(=O)N(CCCO)C(C)C)C(=O)O. The van der Waals surface area contributed by atoms with E-state index in [1.165, 1.54) is 0 Å². The van der Waals surface area contributed by atoms with Crippen LogP contribution in [0.25, 0.3) is 0 Å². The second-order valence-electron chi connectivity index (χ2n) is 4.62. The van der Waals surface area contributed by atoms with Crippen LogP contribution >= 0.6 is 0 Å². The van der Waals surface area contributed by atoms with Crippen LogP contribution in [0.3, 0.4) is 0 Å². The van der Waals surface area contributed by atoms with Crippen molar-refractivity contribution in [2.75, 3.05) is 19.7 Å². The molecule has 106 valence electrons. The zero-order chi connectivity index (χ0) is 14.1. The van der Waals surface area contributed by atoms with Gasteiger partial charge in [-0.15, -0.1) is 0 Å². The normalized spacial score (nSPS) is 12.3. The molecule has 18 heavy (non-hydrogen) atoms. The first-order chi connectivity index (χ1) is 8.40. The smallest absolute Gasteiger partial charge is 0.317 e. The average molecular weight is 260 g/mol. The van der Waals surface area contributed by atoms with Crippen molar-refractivity contribution in [1.29, 1.82) is 0 Å². The van der Waals surface area contributed by atoms with Crippen molar-refractivity contribution in [1.82, 2.24) is 10.2 Å².